The van der Waals surface area contributed by atoms with Gasteiger partial charge in [0.15, 0.2) is 5.76 Å². The number of aromatic amines is 1. The summed E-state index contributed by atoms with van der Waals surface area (Å²) in [6.07, 6.45) is 5.23. The number of aromatic nitrogens is 3. The van der Waals surface area contributed by atoms with Gasteiger partial charge < -0.3 is 4.52 Å². The molecule has 3 aromatic rings. The molecule has 142 valence electrons. The highest BCUT2D eigenvalue weighted by Gasteiger charge is 2.30. The van der Waals surface area contributed by atoms with Crippen LogP contribution in [0, 0.1) is 13.8 Å². The van der Waals surface area contributed by atoms with Gasteiger partial charge in [-0.15, -0.1) is 0 Å². The first kappa shape index (κ1) is 18.5. The van der Waals surface area contributed by atoms with Crippen LogP contribution in [-0.2, 0) is 6.54 Å². The monoisotopic (exact) mass is 404 g/mol. The van der Waals surface area contributed by atoms with Gasteiger partial charge in [-0.25, -0.2) is 0 Å². The fraction of sp³-hybridized carbons (Fsp3) is 0.400. The highest BCUT2D eigenvalue weighted by molar-refractivity contribution is 6.42. The van der Waals surface area contributed by atoms with E-state index in [-0.39, 0.29) is 6.04 Å². The van der Waals surface area contributed by atoms with E-state index in [9.17, 15) is 0 Å². The van der Waals surface area contributed by atoms with Gasteiger partial charge in [0.1, 0.15) is 0 Å². The van der Waals surface area contributed by atoms with Gasteiger partial charge in [-0.1, -0.05) is 46.9 Å². The summed E-state index contributed by atoms with van der Waals surface area (Å²) in [5.74, 6) is 0.794. The lowest BCUT2D eigenvalue weighted by Gasteiger charge is -2.35. The predicted octanol–water partition coefficient (Wildman–Crippen LogP) is 5.72. The van der Waals surface area contributed by atoms with Crippen molar-refractivity contribution in [2.75, 3.05) is 6.54 Å². The molecule has 1 atom stereocenters. The van der Waals surface area contributed by atoms with Crippen molar-refractivity contribution in [3.05, 3.63) is 57.0 Å². The number of hydrogen-bond donors (Lipinski definition) is 1. The zero-order valence-electron chi connectivity index (χ0n) is 15.4. The number of nitrogens with one attached hydrogen (secondary N) is 1. The molecule has 1 saturated heterocycles. The number of hydrogen-bond acceptors (Lipinski definition) is 4. The van der Waals surface area contributed by atoms with E-state index in [1.807, 2.05) is 38.2 Å². The molecule has 5 nitrogen and oxygen atoms in total. The lowest BCUT2D eigenvalue weighted by Crippen LogP contribution is -2.33. The number of H-pyrrole nitrogens is 1. The Balaban J connectivity index is 1.67. The van der Waals surface area contributed by atoms with Gasteiger partial charge in [-0.3, -0.25) is 10.00 Å². The smallest absolute Gasteiger partial charge is 0.173 e. The highest BCUT2D eigenvalue weighted by atomic mass is 35.5. The van der Waals surface area contributed by atoms with Gasteiger partial charge in [-0.05, 0) is 44.9 Å². The third kappa shape index (κ3) is 3.51. The molecule has 0 aliphatic carbocycles. The lowest BCUT2D eigenvalue weighted by atomic mass is 9.95. The van der Waals surface area contributed by atoms with Crippen LogP contribution in [0.4, 0.5) is 0 Å². The molecule has 1 fully saturated rings. The molecule has 3 heterocycles. The predicted molar refractivity (Wildman–Crippen MR) is 107 cm³/mol. The topological polar surface area (TPSA) is 58.0 Å². The standard InChI is InChI=1S/C20H22Cl2N4O/c1-12-13(2)25-27-20(12)15-10-23-24-19(15)17-8-3-4-9-26(17)11-14-6-5-7-16(21)18(14)22/h5-7,10,17H,3-4,8-9,11H2,1-2H3,(H,23,24)/t17-/m0/s1. The number of halogens is 2. The molecule has 0 saturated carbocycles. The zero-order valence-corrected chi connectivity index (χ0v) is 16.9. The van der Waals surface area contributed by atoms with Crippen molar-refractivity contribution in [3.8, 4) is 11.3 Å². The van der Waals surface area contributed by atoms with Crippen molar-refractivity contribution in [2.45, 2.75) is 45.7 Å². The molecule has 0 spiro atoms. The van der Waals surface area contributed by atoms with Crippen molar-refractivity contribution < 1.29 is 4.52 Å². The first-order valence-corrected chi connectivity index (χ1v) is 9.95. The SMILES string of the molecule is Cc1noc(-c2cn[nH]c2[C@@H]2CCCCN2Cc2cccc(Cl)c2Cl)c1C. The van der Waals surface area contributed by atoms with Crippen molar-refractivity contribution in [2.24, 2.45) is 0 Å². The van der Waals surface area contributed by atoms with E-state index in [0.717, 1.165) is 53.3 Å². The maximum atomic E-state index is 6.43. The molecular weight excluding hydrogens is 383 g/mol. The van der Waals surface area contributed by atoms with Crippen LogP contribution in [0.15, 0.2) is 28.9 Å². The number of likely N-dealkylation sites (tertiary alicyclic amines) is 1. The summed E-state index contributed by atoms with van der Waals surface area (Å²) in [5, 5.41) is 12.9. The van der Waals surface area contributed by atoms with Crippen LogP contribution in [0.25, 0.3) is 11.3 Å². The Morgan fingerprint density at radius 2 is 2.11 bits per heavy atom. The summed E-state index contributed by atoms with van der Waals surface area (Å²) in [7, 11) is 0. The van der Waals surface area contributed by atoms with Crippen LogP contribution in [0.1, 0.15) is 47.8 Å². The van der Waals surface area contributed by atoms with Crippen molar-refractivity contribution in [3.63, 3.8) is 0 Å². The Morgan fingerprint density at radius 3 is 2.89 bits per heavy atom. The Morgan fingerprint density at radius 1 is 1.26 bits per heavy atom. The van der Waals surface area contributed by atoms with Gasteiger partial charge in [0.05, 0.1) is 39.2 Å². The van der Waals surface area contributed by atoms with Crippen LogP contribution >= 0.6 is 23.2 Å². The fourth-order valence-corrected chi connectivity index (χ4v) is 4.17. The van der Waals surface area contributed by atoms with E-state index >= 15 is 0 Å². The molecule has 1 aliphatic heterocycles. The van der Waals surface area contributed by atoms with Gasteiger partial charge in [-0.2, -0.15) is 5.10 Å². The molecule has 2 aromatic heterocycles. The summed E-state index contributed by atoms with van der Waals surface area (Å²) >= 11 is 12.6. The summed E-state index contributed by atoms with van der Waals surface area (Å²) in [4.78, 5) is 2.44. The lowest BCUT2D eigenvalue weighted by molar-refractivity contribution is 0.137. The normalized spacial score (nSPS) is 18.1. The van der Waals surface area contributed by atoms with Crippen molar-refractivity contribution >= 4 is 23.2 Å². The molecule has 0 bridgehead atoms. The summed E-state index contributed by atoms with van der Waals surface area (Å²) < 4.78 is 5.59. The van der Waals surface area contributed by atoms with Crippen LogP contribution in [0.3, 0.4) is 0 Å². The molecular formula is C20H22Cl2N4O. The summed E-state index contributed by atoms with van der Waals surface area (Å²) in [6, 6.07) is 6.03. The molecule has 27 heavy (non-hydrogen) atoms. The van der Waals surface area contributed by atoms with Crippen molar-refractivity contribution in [1.82, 2.24) is 20.3 Å². The van der Waals surface area contributed by atoms with Crippen LogP contribution in [-0.4, -0.2) is 26.8 Å². The average Bonchev–Trinajstić information content (AvgIpc) is 3.27. The van der Waals surface area contributed by atoms with Gasteiger partial charge >= 0.3 is 0 Å². The van der Waals surface area contributed by atoms with Gasteiger partial charge in [0, 0.05) is 12.1 Å². The average molecular weight is 405 g/mol. The van der Waals surface area contributed by atoms with Crippen LogP contribution in [0.5, 0.6) is 0 Å². The second-order valence-corrected chi connectivity index (χ2v) is 7.90. The first-order valence-electron chi connectivity index (χ1n) is 9.19. The molecule has 4 rings (SSSR count). The number of aryl methyl sites for hydroxylation is 1. The first-order chi connectivity index (χ1) is 13.1. The maximum Gasteiger partial charge on any atom is 0.173 e. The third-order valence-corrected chi connectivity index (χ3v) is 6.28. The molecule has 0 unspecified atom stereocenters. The fourth-order valence-electron chi connectivity index (χ4n) is 3.79. The van der Waals surface area contributed by atoms with E-state index < -0.39 is 0 Å². The molecule has 1 aromatic carbocycles. The Bertz CT molecular complexity index is 949. The zero-order chi connectivity index (χ0) is 19.0. The third-order valence-electron chi connectivity index (χ3n) is 5.42. The highest BCUT2D eigenvalue weighted by Crippen LogP contribution is 2.38. The van der Waals surface area contributed by atoms with E-state index in [4.69, 9.17) is 27.7 Å². The minimum atomic E-state index is 0.219. The Labute approximate surface area is 168 Å². The molecule has 1 N–H and O–H groups in total. The summed E-state index contributed by atoms with van der Waals surface area (Å²) in [5.41, 5.74) is 5.07. The molecule has 7 heteroatoms. The van der Waals surface area contributed by atoms with E-state index in [0.29, 0.717) is 10.0 Å². The minimum absolute atomic E-state index is 0.219. The number of nitrogens with zero attached hydrogens (tertiary/aromatic N) is 3. The van der Waals surface area contributed by atoms with Crippen LogP contribution in [0.2, 0.25) is 10.0 Å². The summed E-state index contributed by atoms with van der Waals surface area (Å²) in [6.45, 7) is 5.73. The Hall–Kier alpha value is -1.82. The molecule has 0 amide bonds. The number of piperidine rings is 1. The number of benzene rings is 1. The number of rotatable bonds is 4. The maximum absolute atomic E-state index is 6.43. The Kier molecular flexibility index (Phi) is 5.26. The van der Waals surface area contributed by atoms with Crippen molar-refractivity contribution in [1.29, 1.82) is 0 Å². The van der Waals surface area contributed by atoms with E-state index in [1.54, 1.807) is 0 Å². The molecule has 0 radical (unpaired) electrons. The largest absolute Gasteiger partial charge is 0.356 e. The quantitative estimate of drug-likeness (QED) is 0.604. The van der Waals surface area contributed by atoms with Crippen LogP contribution < -0.4 is 0 Å². The minimum Gasteiger partial charge on any atom is -0.356 e. The van der Waals surface area contributed by atoms with Gasteiger partial charge in [0.25, 0.3) is 0 Å². The second kappa shape index (κ2) is 7.66. The van der Waals surface area contributed by atoms with E-state index in [2.05, 4.69) is 20.3 Å². The van der Waals surface area contributed by atoms with Gasteiger partial charge in [0.2, 0.25) is 0 Å². The second-order valence-electron chi connectivity index (χ2n) is 7.11. The molecule has 1 aliphatic rings. The van der Waals surface area contributed by atoms with E-state index in [1.165, 1.54) is 12.8 Å².